The lowest BCUT2D eigenvalue weighted by atomic mass is 10.2. The number of alkyl carbamates (subject to hydrolysis) is 1. The number of methoxy groups -OCH3 is 1. The number of rotatable bonds is 4. The average Bonchev–Trinajstić information content (AvgIpc) is 3.05. The van der Waals surface area contributed by atoms with E-state index in [-0.39, 0.29) is 5.78 Å². The molecule has 4 nitrogen and oxygen atoms in total. The molecule has 0 fully saturated rings. The Labute approximate surface area is 112 Å². The monoisotopic (exact) mass is 281 g/mol. The van der Waals surface area contributed by atoms with Crippen molar-refractivity contribution >= 4 is 34.6 Å². The molecule has 0 bridgehead atoms. The Morgan fingerprint density at radius 2 is 2.17 bits per heavy atom. The molecule has 0 aliphatic rings. The van der Waals surface area contributed by atoms with Crippen LogP contribution in [0.5, 0.6) is 0 Å². The van der Waals surface area contributed by atoms with E-state index in [4.69, 9.17) is 0 Å². The summed E-state index contributed by atoms with van der Waals surface area (Å²) >= 11 is 2.87. The molecule has 0 spiro atoms. The third-order valence-electron chi connectivity index (χ3n) is 2.26. The van der Waals surface area contributed by atoms with Gasteiger partial charge in [0.15, 0.2) is 0 Å². The van der Waals surface area contributed by atoms with Gasteiger partial charge in [0.1, 0.15) is 0 Å². The molecule has 2 rings (SSSR count). The molecular weight excluding hydrogens is 270 g/mol. The van der Waals surface area contributed by atoms with Crippen molar-refractivity contribution < 1.29 is 14.3 Å². The van der Waals surface area contributed by atoms with E-state index in [1.165, 1.54) is 29.8 Å². The SMILES string of the molecule is COC(=O)NCc1ccc(C(=O)c2ccsc2)s1. The van der Waals surface area contributed by atoms with Gasteiger partial charge < -0.3 is 10.1 Å². The van der Waals surface area contributed by atoms with Gasteiger partial charge in [-0.3, -0.25) is 4.79 Å². The van der Waals surface area contributed by atoms with Crippen LogP contribution in [0.3, 0.4) is 0 Å². The van der Waals surface area contributed by atoms with E-state index in [1.54, 1.807) is 12.1 Å². The molecule has 0 saturated carbocycles. The summed E-state index contributed by atoms with van der Waals surface area (Å²) in [6, 6.07) is 5.41. The molecule has 0 radical (unpaired) electrons. The summed E-state index contributed by atoms with van der Waals surface area (Å²) in [6.45, 7) is 0.369. The Balaban J connectivity index is 2.02. The van der Waals surface area contributed by atoms with Crippen molar-refractivity contribution in [3.05, 3.63) is 44.3 Å². The van der Waals surface area contributed by atoms with Gasteiger partial charge in [-0.25, -0.2) is 4.79 Å². The third-order valence-corrected chi connectivity index (χ3v) is 4.03. The molecule has 1 amide bonds. The Hall–Kier alpha value is -1.66. The number of ether oxygens (including phenoxy) is 1. The molecule has 94 valence electrons. The van der Waals surface area contributed by atoms with E-state index >= 15 is 0 Å². The highest BCUT2D eigenvalue weighted by molar-refractivity contribution is 7.14. The first-order chi connectivity index (χ1) is 8.70. The number of thiophene rings is 2. The summed E-state index contributed by atoms with van der Waals surface area (Å²) in [5, 5.41) is 6.28. The molecule has 0 aromatic carbocycles. The van der Waals surface area contributed by atoms with Crippen LogP contribution in [-0.2, 0) is 11.3 Å². The van der Waals surface area contributed by atoms with Crippen LogP contribution < -0.4 is 5.32 Å². The lowest BCUT2D eigenvalue weighted by molar-refractivity contribution is 0.104. The van der Waals surface area contributed by atoms with Crippen molar-refractivity contribution in [2.75, 3.05) is 7.11 Å². The van der Waals surface area contributed by atoms with Crippen LogP contribution in [0.2, 0.25) is 0 Å². The van der Waals surface area contributed by atoms with Gasteiger partial charge >= 0.3 is 6.09 Å². The predicted octanol–water partition coefficient (Wildman–Crippen LogP) is 2.90. The van der Waals surface area contributed by atoms with Crippen molar-refractivity contribution in [1.82, 2.24) is 5.32 Å². The topological polar surface area (TPSA) is 55.4 Å². The van der Waals surface area contributed by atoms with Crippen LogP contribution in [0.25, 0.3) is 0 Å². The zero-order chi connectivity index (χ0) is 13.0. The van der Waals surface area contributed by atoms with E-state index in [2.05, 4.69) is 10.1 Å². The fourth-order valence-corrected chi connectivity index (χ4v) is 2.91. The van der Waals surface area contributed by atoms with Crippen molar-refractivity contribution in [3.8, 4) is 0 Å². The number of hydrogen-bond donors (Lipinski definition) is 1. The van der Waals surface area contributed by atoms with Gasteiger partial charge in [0.2, 0.25) is 5.78 Å². The van der Waals surface area contributed by atoms with Crippen LogP contribution >= 0.6 is 22.7 Å². The highest BCUT2D eigenvalue weighted by Crippen LogP contribution is 2.21. The van der Waals surface area contributed by atoms with Gasteiger partial charge in [-0.05, 0) is 23.6 Å². The molecule has 0 atom stereocenters. The fraction of sp³-hybridized carbons (Fsp3) is 0.167. The van der Waals surface area contributed by atoms with Gasteiger partial charge in [-0.2, -0.15) is 11.3 Å². The normalized spacial score (nSPS) is 10.1. The van der Waals surface area contributed by atoms with E-state index in [9.17, 15) is 9.59 Å². The summed E-state index contributed by atoms with van der Waals surface area (Å²) in [5.74, 6) is 0.0190. The highest BCUT2D eigenvalue weighted by atomic mass is 32.1. The van der Waals surface area contributed by atoms with Crippen LogP contribution in [0.4, 0.5) is 4.79 Å². The first kappa shape index (κ1) is 12.8. The number of carbonyl (C=O) groups excluding carboxylic acids is 2. The van der Waals surface area contributed by atoms with Crippen molar-refractivity contribution in [2.45, 2.75) is 6.54 Å². The first-order valence-corrected chi connectivity index (χ1v) is 6.94. The standard InChI is InChI=1S/C12H11NO3S2/c1-16-12(15)13-6-9-2-3-10(18-9)11(14)8-4-5-17-7-8/h2-5,7H,6H2,1H3,(H,13,15). The summed E-state index contributed by atoms with van der Waals surface area (Å²) in [5.41, 5.74) is 0.703. The number of nitrogens with one attached hydrogen (secondary N) is 1. The third kappa shape index (κ3) is 2.96. The molecule has 6 heteroatoms. The lowest BCUT2D eigenvalue weighted by Crippen LogP contribution is -2.21. The van der Waals surface area contributed by atoms with Crippen LogP contribution in [0.1, 0.15) is 20.1 Å². The van der Waals surface area contributed by atoms with Gasteiger partial charge in [0.25, 0.3) is 0 Å². The molecule has 18 heavy (non-hydrogen) atoms. The number of hydrogen-bond acceptors (Lipinski definition) is 5. The van der Waals surface area contributed by atoms with E-state index in [0.29, 0.717) is 17.0 Å². The number of amides is 1. The van der Waals surface area contributed by atoms with E-state index in [0.717, 1.165) is 4.88 Å². The predicted molar refractivity (Wildman–Crippen MR) is 71.3 cm³/mol. The van der Waals surface area contributed by atoms with Crippen LogP contribution in [0.15, 0.2) is 29.0 Å². The second kappa shape index (κ2) is 5.79. The van der Waals surface area contributed by atoms with E-state index in [1.807, 2.05) is 16.8 Å². The summed E-state index contributed by atoms with van der Waals surface area (Å²) in [4.78, 5) is 24.5. The van der Waals surface area contributed by atoms with Crippen molar-refractivity contribution in [2.24, 2.45) is 0 Å². The highest BCUT2D eigenvalue weighted by Gasteiger charge is 2.12. The Morgan fingerprint density at radius 1 is 1.33 bits per heavy atom. The molecule has 1 N–H and O–H groups in total. The maximum Gasteiger partial charge on any atom is 0.407 e. The summed E-state index contributed by atoms with van der Waals surface area (Å²) < 4.78 is 4.47. The first-order valence-electron chi connectivity index (χ1n) is 5.18. The minimum absolute atomic E-state index is 0.0190. The van der Waals surface area contributed by atoms with Gasteiger partial charge in [0, 0.05) is 15.8 Å². The minimum atomic E-state index is -0.478. The molecule has 0 aliphatic carbocycles. The van der Waals surface area contributed by atoms with E-state index < -0.39 is 6.09 Å². The molecule has 0 aliphatic heterocycles. The van der Waals surface area contributed by atoms with Gasteiger partial charge in [-0.1, -0.05) is 0 Å². The zero-order valence-electron chi connectivity index (χ0n) is 9.64. The maximum atomic E-state index is 12.0. The minimum Gasteiger partial charge on any atom is -0.453 e. The molecule has 2 aromatic heterocycles. The smallest absolute Gasteiger partial charge is 0.407 e. The fourth-order valence-electron chi connectivity index (χ4n) is 1.36. The number of carbonyl (C=O) groups is 2. The Morgan fingerprint density at radius 3 is 2.83 bits per heavy atom. The summed E-state index contributed by atoms with van der Waals surface area (Å²) in [7, 11) is 1.31. The zero-order valence-corrected chi connectivity index (χ0v) is 11.3. The number of ketones is 1. The quantitative estimate of drug-likeness (QED) is 0.877. The van der Waals surface area contributed by atoms with Crippen LogP contribution in [0, 0.1) is 0 Å². The van der Waals surface area contributed by atoms with Crippen molar-refractivity contribution in [1.29, 1.82) is 0 Å². The van der Waals surface area contributed by atoms with Crippen LogP contribution in [-0.4, -0.2) is 19.0 Å². The average molecular weight is 281 g/mol. The summed E-state index contributed by atoms with van der Waals surface area (Å²) in [6.07, 6.45) is -0.478. The van der Waals surface area contributed by atoms with Gasteiger partial charge in [-0.15, -0.1) is 11.3 Å². The Bertz CT molecular complexity index is 545. The molecule has 0 unspecified atom stereocenters. The molecule has 2 aromatic rings. The largest absolute Gasteiger partial charge is 0.453 e. The molecular formula is C12H11NO3S2. The maximum absolute atomic E-state index is 12.0. The molecule has 2 heterocycles. The van der Waals surface area contributed by atoms with Gasteiger partial charge in [0.05, 0.1) is 18.5 Å². The Kier molecular flexibility index (Phi) is 4.11. The van der Waals surface area contributed by atoms with Crippen molar-refractivity contribution in [3.63, 3.8) is 0 Å². The lowest BCUT2D eigenvalue weighted by Gasteiger charge is -2.00. The second-order valence-corrected chi connectivity index (χ2v) is 5.40. The molecule has 0 saturated heterocycles. The second-order valence-electron chi connectivity index (χ2n) is 3.45.